The summed E-state index contributed by atoms with van der Waals surface area (Å²) < 4.78 is 1.65. The fraction of sp³-hybridized carbons (Fsp3) is 0. The van der Waals surface area contributed by atoms with Gasteiger partial charge in [0.25, 0.3) is 17.5 Å². The van der Waals surface area contributed by atoms with E-state index in [2.05, 4.69) is 5.32 Å². The standard InChI is InChI=1S/C21H13ClN4O4S/c22-17-6-1-2-7-18(17)25-20(28)16(19(27)23-21(25)31)10-13-8-9-24(12-13)14-4-3-5-15(11-14)26(29)30/h1-12H,(H,23,27,31)/b16-10-. The van der Waals surface area contributed by atoms with Gasteiger partial charge in [0.2, 0.25) is 0 Å². The van der Waals surface area contributed by atoms with E-state index in [1.54, 1.807) is 59.4 Å². The molecule has 1 fully saturated rings. The molecule has 31 heavy (non-hydrogen) atoms. The Kier molecular flexibility index (Phi) is 5.37. The lowest BCUT2D eigenvalue weighted by molar-refractivity contribution is -0.384. The van der Waals surface area contributed by atoms with Gasteiger partial charge in [-0.25, -0.2) is 0 Å². The van der Waals surface area contributed by atoms with Crippen molar-refractivity contribution in [2.45, 2.75) is 0 Å². The summed E-state index contributed by atoms with van der Waals surface area (Å²) in [5.74, 6) is -1.23. The van der Waals surface area contributed by atoms with Gasteiger partial charge in [0.05, 0.1) is 21.3 Å². The minimum atomic E-state index is -0.624. The molecule has 1 aliphatic heterocycles. The number of aromatic nitrogens is 1. The molecule has 2 aromatic carbocycles. The van der Waals surface area contributed by atoms with Gasteiger partial charge in [0, 0.05) is 24.5 Å². The van der Waals surface area contributed by atoms with Crippen molar-refractivity contribution in [2.75, 3.05) is 4.90 Å². The van der Waals surface area contributed by atoms with E-state index in [4.69, 9.17) is 23.8 Å². The van der Waals surface area contributed by atoms with Crippen molar-refractivity contribution >= 4 is 58.2 Å². The molecule has 1 saturated heterocycles. The van der Waals surface area contributed by atoms with E-state index in [0.717, 1.165) is 0 Å². The average Bonchev–Trinajstić information content (AvgIpc) is 3.21. The Morgan fingerprint density at radius 1 is 1.10 bits per heavy atom. The highest BCUT2D eigenvalue weighted by Gasteiger charge is 2.35. The average molecular weight is 453 g/mol. The first-order valence-corrected chi connectivity index (χ1v) is 9.72. The van der Waals surface area contributed by atoms with Crippen LogP contribution in [0, 0.1) is 10.1 Å². The van der Waals surface area contributed by atoms with Crippen LogP contribution in [0.25, 0.3) is 11.8 Å². The molecule has 1 aromatic heterocycles. The Morgan fingerprint density at radius 3 is 2.61 bits per heavy atom. The number of amides is 2. The number of carbonyl (C=O) groups excluding carboxylic acids is 2. The second-order valence-corrected chi connectivity index (χ2v) is 7.33. The molecule has 0 spiro atoms. The molecule has 154 valence electrons. The number of hydrogen-bond acceptors (Lipinski definition) is 5. The Labute approximate surface area is 186 Å². The van der Waals surface area contributed by atoms with Gasteiger partial charge in [-0.3, -0.25) is 29.9 Å². The first-order valence-electron chi connectivity index (χ1n) is 8.94. The molecule has 0 saturated carbocycles. The number of anilines is 1. The third-order valence-electron chi connectivity index (χ3n) is 4.56. The summed E-state index contributed by atoms with van der Waals surface area (Å²) in [5.41, 5.74) is 1.32. The number of carbonyl (C=O) groups is 2. The van der Waals surface area contributed by atoms with Crippen molar-refractivity contribution in [1.82, 2.24) is 9.88 Å². The van der Waals surface area contributed by atoms with Gasteiger partial charge in [-0.15, -0.1) is 0 Å². The topological polar surface area (TPSA) is 97.5 Å². The predicted octanol–water partition coefficient (Wildman–Crippen LogP) is 3.87. The number of thiocarbonyl (C=S) groups is 1. The van der Waals surface area contributed by atoms with Gasteiger partial charge >= 0.3 is 0 Å². The molecular formula is C21H13ClN4O4S. The molecule has 10 heteroatoms. The van der Waals surface area contributed by atoms with Crippen molar-refractivity contribution in [3.8, 4) is 5.69 Å². The quantitative estimate of drug-likeness (QED) is 0.213. The highest BCUT2D eigenvalue weighted by Crippen LogP contribution is 2.29. The normalized spacial score (nSPS) is 15.3. The number of hydrogen-bond donors (Lipinski definition) is 1. The third kappa shape index (κ3) is 3.96. The maximum absolute atomic E-state index is 13.1. The second kappa shape index (κ2) is 8.13. The van der Waals surface area contributed by atoms with E-state index < -0.39 is 16.7 Å². The summed E-state index contributed by atoms with van der Waals surface area (Å²) >= 11 is 11.4. The first-order chi connectivity index (χ1) is 14.8. The summed E-state index contributed by atoms with van der Waals surface area (Å²) in [5, 5.41) is 13.8. The molecule has 4 rings (SSSR count). The minimum Gasteiger partial charge on any atom is -0.323 e. The van der Waals surface area contributed by atoms with Crippen molar-refractivity contribution in [2.24, 2.45) is 0 Å². The molecule has 2 heterocycles. The summed E-state index contributed by atoms with van der Waals surface area (Å²) in [6.45, 7) is 0. The number of benzene rings is 2. The number of nitro benzene ring substituents is 1. The van der Waals surface area contributed by atoms with Crippen LogP contribution in [0.4, 0.5) is 11.4 Å². The number of para-hydroxylation sites is 1. The Balaban J connectivity index is 1.68. The van der Waals surface area contributed by atoms with Gasteiger partial charge in [0.15, 0.2) is 5.11 Å². The van der Waals surface area contributed by atoms with Crippen LogP contribution in [0.2, 0.25) is 5.02 Å². The predicted molar refractivity (Wildman–Crippen MR) is 120 cm³/mol. The molecule has 0 aliphatic carbocycles. The van der Waals surface area contributed by atoms with Crippen LogP contribution in [0.3, 0.4) is 0 Å². The zero-order valence-electron chi connectivity index (χ0n) is 15.7. The van der Waals surface area contributed by atoms with Crippen molar-refractivity contribution < 1.29 is 14.5 Å². The van der Waals surface area contributed by atoms with E-state index in [1.807, 2.05) is 0 Å². The van der Waals surface area contributed by atoms with Crippen LogP contribution in [-0.4, -0.2) is 26.4 Å². The van der Waals surface area contributed by atoms with Crippen molar-refractivity contribution in [1.29, 1.82) is 0 Å². The molecule has 0 atom stereocenters. The molecular weight excluding hydrogens is 440 g/mol. The Morgan fingerprint density at radius 2 is 1.87 bits per heavy atom. The Hall–Kier alpha value is -3.82. The maximum Gasteiger partial charge on any atom is 0.271 e. The summed E-state index contributed by atoms with van der Waals surface area (Å²) in [4.78, 5) is 37.2. The van der Waals surface area contributed by atoms with E-state index in [-0.39, 0.29) is 16.4 Å². The molecule has 0 bridgehead atoms. The fourth-order valence-corrected chi connectivity index (χ4v) is 3.60. The van der Waals surface area contributed by atoms with Crippen molar-refractivity contribution in [3.63, 3.8) is 0 Å². The van der Waals surface area contributed by atoms with E-state index >= 15 is 0 Å². The first kappa shape index (κ1) is 20.5. The molecule has 2 amide bonds. The van der Waals surface area contributed by atoms with Gasteiger partial charge in [-0.05, 0) is 48.1 Å². The number of nitrogens with one attached hydrogen (secondary N) is 1. The monoisotopic (exact) mass is 452 g/mol. The van der Waals surface area contributed by atoms with E-state index in [1.165, 1.54) is 23.1 Å². The summed E-state index contributed by atoms with van der Waals surface area (Å²) in [6, 6.07) is 14.4. The molecule has 1 aliphatic rings. The largest absolute Gasteiger partial charge is 0.323 e. The molecule has 8 nitrogen and oxygen atoms in total. The minimum absolute atomic E-state index is 0.0446. The number of halogens is 1. The van der Waals surface area contributed by atoms with Crippen LogP contribution in [0.1, 0.15) is 5.56 Å². The summed E-state index contributed by atoms with van der Waals surface area (Å²) in [6.07, 6.45) is 4.75. The van der Waals surface area contributed by atoms with Crippen LogP contribution >= 0.6 is 23.8 Å². The summed E-state index contributed by atoms with van der Waals surface area (Å²) in [7, 11) is 0. The second-order valence-electron chi connectivity index (χ2n) is 6.54. The Bertz CT molecular complexity index is 1280. The SMILES string of the molecule is O=C1NC(=S)N(c2ccccc2Cl)C(=O)/C1=C\c1ccn(-c2cccc([N+](=O)[O-])c2)c1. The molecule has 1 N–H and O–H groups in total. The van der Waals surface area contributed by atoms with E-state index in [9.17, 15) is 19.7 Å². The van der Waals surface area contributed by atoms with E-state index in [0.29, 0.717) is 22.0 Å². The number of nitro groups is 1. The van der Waals surface area contributed by atoms with Crippen LogP contribution in [0.5, 0.6) is 0 Å². The molecule has 0 radical (unpaired) electrons. The number of non-ortho nitro benzene ring substituents is 1. The van der Waals surface area contributed by atoms with Crippen molar-refractivity contribution in [3.05, 3.63) is 93.3 Å². The smallest absolute Gasteiger partial charge is 0.271 e. The maximum atomic E-state index is 13.1. The highest BCUT2D eigenvalue weighted by atomic mass is 35.5. The lowest BCUT2D eigenvalue weighted by atomic mass is 10.1. The number of rotatable bonds is 4. The van der Waals surface area contributed by atoms with Crippen LogP contribution in [0.15, 0.2) is 72.6 Å². The fourth-order valence-electron chi connectivity index (χ4n) is 3.10. The van der Waals surface area contributed by atoms with Gasteiger partial charge in [-0.1, -0.05) is 29.8 Å². The number of nitrogens with zero attached hydrogens (tertiary/aromatic N) is 3. The lowest BCUT2D eigenvalue weighted by Crippen LogP contribution is -2.54. The van der Waals surface area contributed by atoms with Gasteiger partial charge in [-0.2, -0.15) is 0 Å². The highest BCUT2D eigenvalue weighted by molar-refractivity contribution is 7.80. The third-order valence-corrected chi connectivity index (χ3v) is 5.16. The zero-order chi connectivity index (χ0) is 22.1. The molecule has 3 aromatic rings. The van der Waals surface area contributed by atoms with Gasteiger partial charge < -0.3 is 4.57 Å². The zero-order valence-corrected chi connectivity index (χ0v) is 17.3. The lowest BCUT2D eigenvalue weighted by Gasteiger charge is -2.29. The van der Waals surface area contributed by atoms with Crippen LogP contribution in [-0.2, 0) is 9.59 Å². The molecule has 0 unspecified atom stereocenters. The van der Waals surface area contributed by atoms with Gasteiger partial charge in [0.1, 0.15) is 5.57 Å². The van der Waals surface area contributed by atoms with Crippen LogP contribution < -0.4 is 10.2 Å².